The van der Waals surface area contributed by atoms with Crippen LogP contribution in [0.15, 0.2) is 36.4 Å². The lowest BCUT2D eigenvalue weighted by molar-refractivity contribution is -0.136. The number of piperazine rings is 1. The van der Waals surface area contributed by atoms with Gasteiger partial charge in [0.1, 0.15) is 5.75 Å². The first-order valence-electron chi connectivity index (χ1n) is 10.3. The number of nitrogens with zero attached hydrogens (tertiary/aromatic N) is 4. The SMILES string of the molecule is COc1cccc(-c2ccc(N3CCN(C(=O)C4CCCCC4)CC3)nn2)c1. The van der Waals surface area contributed by atoms with Gasteiger partial charge in [-0.3, -0.25) is 4.79 Å². The molecule has 1 aliphatic heterocycles. The molecule has 1 saturated carbocycles. The van der Waals surface area contributed by atoms with Crippen LogP contribution in [0.3, 0.4) is 0 Å². The van der Waals surface area contributed by atoms with Crippen LogP contribution in [0, 0.1) is 5.92 Å². The molecule has 28 heavy (non-hydrogen) atoms. The van der Waals surface area contributed by atoms with Crippen LogP contribution in [0.4, 0.5) is 5.82 Å². The highest BCUT2D eigenvalue weighted by molar-refractivity contribution is 5.79. The number of ether oxygens (including phenoxy) is 1. The molecule has 0 unspecified atom stereocenters. The molecule has 6 nitrogen and oxygen atoms in total. The normalized spacial score (nSPS) is 18.2. The van der Waals surface area contributed by atoms with E-state index in [1.807, 2.05) is 41.3 Å². The summed E-state index contributed by atoms with van der Waals surface area (Å²) >= 11 is 0. The molecular weight excluding hydrogens is 352 g/mol. The van der Waals surface area contributed by atoms with Gasteiger partial charge in [-0.25, -0.2) is 0 Å². The third kappa shape index (κ3) is 4.11. The molecule has 0 radical (unpaired) electrons. The van der Waals surface area contributed by atoms with Gasteiger partial charge in [0.05, 0.1) is 12.8 Å². The van der Waals surface area contributed by atoms with Crippen LogP contribution in [0.25, 0.3) is 11.3 Å². The zero-order chi connectivity index (χ0) is 19.3. The van der Waals surface area contributed by atoms with Crippen LogP contribution in [0.5, 0.6) is 5.75 Å². The van der Waals surface area contributed by atoms with Crippen molar-refractivity contribution >= 4 is 11.7 Å². The molecule has 0 atom stereocenters. The van der Waals surface area contributed by atoms with Crippen molar-refractivity contribution in [2.75, 3.05) is 38.2 Å². The van der Waals surface area contributed by atoms with Crippen LogP contribution in [0.2, 0.25) is 0 Å². The second-order valence-corrected chi connectivity index (χ2v) is 7.66. The maximum atomic E-state index is 12.7. The molecule has 2 aromatic rings. The number of rotatable bonds is 4. The third-order valence-electron chi connectivity index (χ3n) is 5.89. The highest BCUT2D eigenvalue weighted by Gasteiger charge is 2.28. The molecule has 6 heteroatoms. The maximum absolute atomic E-state index is 12.7. The smallest absolute Gasteiger partial charge is 0.225 e. The van der Waals surface area contributed by atoms with E-state index < -0.39 is 0 Å². The van der Waals surface area contributed by atoms with E-state index in [0.717, 1.165) is 61.8 Å². The third-order valence-corrected chi connectivity index (χ3v) is 5.89. The van der Waals surface area contributed by atoms with Gasteiger partial charge in [-0.05, 0) is 37.1 Å². The minimum Gasteiger partial charge on any atom is -0.497 e. The van der Waals surface area contributed by atoms with Crippen LogP contribution < -0.4 is 9.64 Å². The van der Waals surface area contributed by atoms with Crippen molar-refractivity contribution in [3.63, 3.8) is 0 Å². The fourth-order valence-corrected chi connectivity index (χ4v) is 4.19. The number of hydrogen-bond donors (Lipinski definition) is 0. The van der Waals surface area contributed by atoms with Crippen molar-refractivity contribution in [1.82, 2.24) is 15.1 Å². The zero-order valence-electron chi connectivity index (χ0n) is 16.5. The Morgan fingerprint density at radius 1 is 1.00 bits per heavy atom. The quantitative estimate of drug-likeness (QED) is 0.814. The van der Waals surface area contributed by atoms with Crippen LogP contribution in [-0.2, 0) is 4.79 Å². The van der Waals surface area contributed by atoms with Gasteiger partial charge in [0, 0.05) is 37.7 Å². The Kier molecular flexibility index (Phi) is 5.74. The monoisotopic (exact) mass is 380 g/mol. The molecule has 0 spiro atoms. The fourth-order valence-electron chi connectivity index (χ4n) is 4.19. The lowest BCUT2D eigenvalue weighted by Gasteiger charge is -2.37. The van der Waals surface area contributed by atoms with Crippen molar-refractivity contribution in [2.45, 2.75) is 32.1 Å². The maximum Gasteiger partial charge on any atom is 0.225 e. The molecule has 1 amide bonds. The van der Waals surface area contributed by atoms with Crippen LogP contribution in [-0.4, -0.2) is 54.3 Å². The lowest BCUT2D eigenvalue weighted by Crippen LogP contribution is -2.50. The van der Waals surface area contributed by atoms with E-state index in [1.165, 1.54) is 19.3 Å². The molecular formula is C22H28N4O2. The van der Waals surface area contributed by atoms with Crippen LogP contribution >= 0.6 is 0 Å². The molecule has 1 saturated heterocycles. The lowest BCUT2D eigenvalue weighted by atomic mass is 9.88. The Labute approximate surface area is 166 Å². The number of anilines is 1. The zero-order valence-corrected chi connectivity index (χ0v) is 16.5. The number of benzene rings is 1. The molecule has 1 aliphatic carbocycles. The Hall–Kier alpha value is -2.63. The van der Waals surface area contributed by atoms with Gasteiger partial charge >= 0.3 is 0 Å². The summed E-state index contributed by atoms with van der Waals surface area (Å²) in [5.41, 5.74) is 1.81. The van der Waals surface area contributed by atoms with E-state index in [4.69, 9.17) is 4.74 Å². The minimum atomic E-state index is 0.252. The topological polar surface area (TPSA) is 58.6 Å². The summed E-state index contributed by atoms with van der Waals surface area (Å²) in [5.74, 6) is 2.29. The summed E-state index contributed by atoms with van der Waals surface area (Å²) < 4.78 is 5.28. The van der Waals surface area contributed by atoms with Gasteiger partial charge < -0.3 is 14.5 Å². The van der Waals surface area contributed by atoms with E-state index in [2.05, 4.69) is 15.1 Å². The molecule has 2 aliphatic rings. The number of carbonyl (C=O) groups excluding carboxylic acids is 1. The first-order valence-corrected chi connectivity index (χ1v) is 10.3. The number of amides is 1. The van der Waals surface area contributed by atoms with Crippen molar-refractivity contribution in [2.24, 2.45) is 5.92 Å². The minimum absolute atomic E-state index is 0.252. The highest BCUT2D eigenvalue weighted by atomic mass is 16.5. The molecule has 0 bridgehead atoms. The van der Waals surface area contributed by atoms with E-state index in [1.54, 1.807) is 7.11 Å². The number of hydrogen-bond acceptors (Lipinski definition) is 5. The van der Waals surface area contributed by atoms with Crippen molar-refractivity contribution in [3.05, 3.63) is 36.4 Å². The number of carbonyl (C=O) groups is 1. The molecule has 1 aromatic heterocycles. The van der Waals surface area contributed by atoms with Crippen molar-refractivity contribution in [1.29, 1.82) is 0 Å². The van der Waals surface area contributed by atoms with E-state index in [0.29, 0.717) is 5.91 Å². The summed E-state index contributed by atoms with van der Waals surface area (Å²) in [6.45, 7) is 3.17. The van der Waals surface area contributed by atoms with E-state index in [9.17, 15) is 4.79 Å². The number of aromatic nitrogens is 2. The molecule has 4 rings (SSSR count). The van der Waals surface area contributed by atoms with Gasteiger partial charge in [0.2, 0.25) is 5.91 Å². The summed E-state index contributed by atoms with van der Waals surface area (Å²) in [6, 6.07) is 11.8. The standard InChI is InChI=1S/C22H28N4O2/c1-28-19-9-5-8-18(16-19)20-10-11-21(24-23-20)25-12-14-26(15-13-25)22(27)17-6-3-2-4-7-17/h5,8-11,16-17H,2-4,6-7,12-15H2,1H3. The Morgan fingerprint density at radius 2 is 1.79 bits per heavy atom. The van der Waals surface area contributed by atoms with Crippen molar-refractivity contribution in [3.8, 4) is 17.0 Å². The van der Waals surface area contributed by atoms with Gasteiger partial charge in [-0.15, -0.1) is 10.2 Å². The summed E-state index contributed by atoms with van der Waals surface area (Å²) in [6.07, 6.45) is 5.81. The summed E-state index contributed by atoms with van der Waals surface area (Å²) in [5, 5.41) is 8.82. The molecule has 2 heterocycles. The second-order valence-electron chi connectivity index (χ2n) is 7.66. The Bertz CT molecular complexity index is 794. The van der Waals surface area contributed by atoms with Gasteiger partial charge in [-0.1, -0.05) is 31.4 Å². The second kappa shape index (κ2) is 8.59. The Balaban J connectivity index is 1.36. The van der Waals surface area contributed by atoms with Gasteiger partial charge in [0.15, 0.2) is 5.82 Å². The first-order chi connectivity index (χ1) is 13.7. The average molecular weight is 380 g/mol. The molecule has 2 fully saturated rings. The van der Waals surface area contributed by atoms with E-state index in [-0.39, 0.29) is 5.92 Å². The summed E-state index contributed by atoms with van der Waals surface area (Å²) in [7, 11) is 1.66. The number of methoxy groups -OCH3 is 1. The highest BCUT2D eigenvalue weighted by Crippen LogP contribution is 2.27. The summed E-state index contributed by atoms with van der Waals surface area (Å²) in [4.78, 5) is 17.0. The average Bonchev–Trinajstić information content (AvgIpc) is 2.79. The predicted molar refractivity (Wildman–Crippen MR) is 109 cm³/mol. The molecule has 0 N–H and O–H groups in total. The largest absolute Gasteiger partial charge is 0.497 e. The fraction of sp³-hybridized carbons (Fsp3) is 0.500. The molecule has 148 valence electrons. The Morgan fingerprint density at radius 3 is 2.46 bits per heavy atom. The van der Waals surface area contributed by atoms with Gasteiger partial charge in [-0.2, -0.15) is 0 Å². The first kappa shape index (κ1) is 18.7. The van der Waals surface area contributed by atoms with Gasteiger partial charge in [0.25, 0.3) is 0 Å². The van der Waals surface area contributed by atoms with Crippen LogP contribution in [0.1, 0.15) is 32.1 Å². The van der Waals surface area contributed by atoms with E-state index >= 15 is 0 Å². The molecule has 1 aromatic carbocycles. The predicted octanol–water partition coefficient (Wildman–Crippen LogP) is 3.38. The van der Waals surface area contributed by atoms with Crippen molar-refractivity contribution < 1.29 is 9.53 Å².